The van der Waals surface area contributed by atoms with Gasteiger partial charge in [-0.05, 0) is 35.7 Å². The third kappa shape index (κ3) is 3.69. The maximum absolute atomic E-state index is 6.11. The standard InChI is InChI=1S/C16H21ClN2O/c1-11(2)16-8-12(10-18-6-7-20-3)14-9-13(17)4-5-15(14)19-16/h4-5,8-9,11,18H,6-7,10H2,1-3H3. The number of pyridine rings is 1. The summed E-state index contributed by atoms with van der Waals surface area (Å²) >= 11 is 6.11. The van der Waals surface area contributed by atoms with Crippen molar-refractivity contribution in [2.45, 2.75) is 26.3 Å². The molecule has 0 aliphatic heterocycles. The molecule has 0 amide bonds. The first-order chi connectivity index (χ1) is 9.61. The van der Waals surface area contributed by atoms with Crippen LogP contribution in [0.5, 0.6) is 0 Å². The van der Waals surface area contributed by atoms with E-state index >= 15 is 0 Å². The Morgan fingerprint density at radius 3 is 2.80 bits per heavy atom. The highest BCUT2D eigenvalue weighted by atomic mass is 35.5. The van der Waals surface area contributed by atoms with Crippen molar-refractivity contribution in [2.24, 2.45) is 0 Å². The van der Waals surface area contributed by atoms with Gasteiger partial charge in [-0.2, -0.15) is 0 Å². The summed E-state index contributed by atoms with van der Waals surface area (Å²) < 4.78 is 5.05. The lowest BCUT2D eigenvalue weighted by Gasteiger charge is -2.12. The van der Waals surface area contributed by atoms with Gasteiger partial charge >= 0.3 is 0 Å². The van der Waals surface area contributed by atoms with E-state index in [1.165, 1.54) is 5.56 Å². The normalized spacial score (nSPS) is 11.4. The van der Waals surface area contributed by atoms with Crippen molar-refractivity contribution in [1.29, 1.82) is 0 Å². The number of fused-ring (bicyclic) bond motifs is 1. The first-order valence-electron chi connectivity index (χ1n) is 6.90. The molecule has 1 aromatic carbocycles. The molecule has 0 atom stereocenters. The van der Waals surface area contributed by atoms with Gasteiger partial charge in [0.15, 0.2) is 0 Å². The predicted octanol–water partition coefficient (Wildman–Crippen LogP) is 3.75. The van der Waals surface area contributed by atoms with Crippen molar-refractivity contribution in [1.82, 2.24) is 10.3 Å². The van der Waals surface area contributed by atoms with Gasteiger partial charge in [-0.25, -0.2) is 0 Å². The Hall–Kier alpha value is -1.16. The Kier molecular flexibility index (Phi) is 5.35. The summed E-state index contributed by atoms with van der Waals surface area (Å²) in [6.07, 6.45) is 0. The van der Waals surface area contributed by atoms with Crippen molar-refractivity contribution in [3.63, 3.8) is 0 Å². The fraction of sp³-hybridized carbons (Fsp3) is 0.438. The second-order valence-electron chi connectivity index (χ2n) is 5.19. The van der Waals surface area contributed by atoms with Gasteiger partial charge in [-0.1, -0.05) is 25.4 Å². The van der Waals surface area contributed by atoms with Crippen molar-refractivity contribution in [3.8, 4) is 0 Å². The SMILES string of the molecule is COCCNCc1cc(C(C)C)nc2ccc(Cl)cc12. The maximum Gasteiger partial charge on any atom is 0.0709 e. The van der Waals surface area contributed by atoms with Crippen molar-refractivity contribution in [3.05, 3.63) is 40.5 Å². The minimum absolute atomic E-state index is 0.410. The largest absolute Gasteiger partial charge is 0.383 e. The van der Waals surface area contributed by atoms with Crippen molar-refractivity contribution >= 4 is 22.5 Å². The zero-order valence-corrected chi connectivity index (χ0v) is 13.0. The third-order valence-corrected chi connectivity index (χ3v) is 3.50. The van der Waals surface area contributed by atoms with E-state index in [1.54, 1.807) is 7.11 Å². The lowest BCUT2D eigenvalue weighted by Crippen LogP contribution is -2.19. The van der Waals surface area contributed by atoms with E-state index in [0.29, 0.717) is 12.5 Å². The summed E-state index contributed by atoms with van der Waals surface area (Å²) in [5.41, 5.74) is 3.35. The van der Waals surface area contributed by atoms with Crippen LogP contribution in [0.1, 0.15) is 31.0 Å². The van der Waals surface area contributed by atoms with Crippen LogP contribution in [0.25, 0.3) is 10.9 Å². The third-order valence-electron chi connectivity index (χ3n) is 3.27. The van der Waals surface area contributed by atoms with Gasteiger partial charge in [-0.15, -0.1) is 0 Å². The van der Waals surface area contributed by atoms with Gasteiger partial charge < -0.3 is 10.1 Å². The van der Waals surface area contributed by atoms with Crippen LogP contribution >= 0.6 is 11.6 Å². The number of ether oxygens (including phenoxy) is 1. The number of methoxy groups -OCH3 is 1. The molecule has 0 fully saturated rings. The first-order valence-corrected chi connectivity index (χ1v) is 7.28. The summed E-state index contributed by atoms with van der Waals surface area (Å²) in [4.78, 5) is 4.71. The topological polar surface area (TPSA) is 34.1 Å². The maximum atomic E-state index is 6.11. The number of nitrogens with zero attached hydrogens (tertiary/aromatic N) is 1. The van der Waals surface area contributed by atoms with Crippen molar-refractivity contribution < 1.29 is 4.74 Å². The van der Waals surface area contributed by atoms with Crippen LogP contribution in [-0.2, 0) is 11.3 Å². The molecule has 0 spiro atoms. The summed E-state index contributed by atoms with van der Waals surface area (Å²) in [6, 6.07) is 8.04. The Morgan fingerprint density at radius 2 is 2.10 bits per heavy atom. The number of rotatable bonds is 6. The smallest absolute Gasteiger partial charge is 0.0709 e. The molecular weight excluding hydrogens is 272 g/mol. The Morgan fingerprint density at radius 1 is 1.30 bits per heavy atom. The van der Waals surface area contributed by atoms with Crippen LogP contribution in [0.2, 0.25) is 5.02 Å². The number of halogens is 1. The van der Waals surface area contributed by atoms with Crippen molar-refractivity contribution in [2.75, 3.05) is 20.3 Å². The Balaban J connectivity index is 2.35. The second kappa shape index (κ2) is 7.02. The molecule has 1 aromatic heterocycles. The molecule has 3 nitrogen and oxygen atoms in total. The summed E-state index contributed by atoms with van der Waals surface area (Å²) in [6.45, 7) is 6.65. The second-order valence-corrected chi connectivity index (χ2v) is 5.63. The summed E-state index contributed by atoms with van der Waals surface area (Å²) in [5.74, 6) is 0.410. The molecular formula is C16H21ClN2O. The average Bonchev–Trinajstić information content (AvgIpc) is 2.43. The zero-order valence-electron chi connectivity index (χ0n) is 12.2. The molecule has 0 unspecified atom stereocenters. The minimum atomic E-state index is 0.410. The van der Waals surface area contributed by atoms with Gasteiger partial charge in [0, 0.05) is 36.3 Å². The lowest BCUT2D eigenvalue weighted by molar-refractivity contribution is 0.199. The Labute approximate surface area is 125 Å². The summed E-state index contributed by atoms with van der Waals surface area (Å²) in [5, 5.41) is 5.25. The number of hydrogen-bond donors (Lipinski definition) is 1. The van der Waals surface area contributed by atoms with Gasteiger partial charge in [0.1, 0.15) is 0 Å². The molecule has 0 aliphatic rings. The first kappa shape index (κ1) is 15.2. The van der Waals surface area contributed by atoms with E-state index in [9.17, 15) is 0 Å². The van der Waals surface area contributed by atoms with E-state index in [2.05, 4.69) is 25.2 Å². The van der Waals surface area contributed by atoms with E-state index in [1.807, 2.05) is 18.2 Å². The fourth-order valence-electron chi connectivity index (χ4n) is 2.13. The monoisotopic (exact) mass is 292 g/mol. The highest BCUT2D eigenvalue weighted by Crippen LogP contribution is 2.25. The van der Waals surface area contributed by atoms with E-state index < -0.39 is 0 Å². The molecule has 108 valence electrons. The molecule has 0 aliphatic carbocycles. The summed E-state index contributed by atoms with van der Waals surface area (Å²) in [7, 11) is 1.71. The van der Waals surface area contributed by atoms with Crippen LogP contribution in [0, 0.1) is 0 Å². The van der Waals surface area contributed by atoms with Gasteiger partial charge in [0.25, 0.3) is 0 Å². The molecule has 20 heavy (non-hydrogen) atoms. The molecule has 4 heteroatoms. The number of hydrogen-bond acceptors (Lipinski definition) is 3. The molecule has 1 N–H and O–H groups in total. The predicted molar refractivity (Wildman–Crippen MR) is 84.4 cm³/mol. The minimum Gasteiger partial charge on any atom is -0.383 e. The molecule has 2 rings (SSSR count). The van der Waals surface area contributed by atoms with Gasteiger partial charge in [0.05, 0.1) is 12.1 Å². The molecule has 0 saturated heterocycles. The van der Waals surface area contributed by atoms with Crippen LogP contribution in [0.4, 0.5) is 0 Å². The Bertz CT molecular complexity index is 584. The molecule has 1 heterocycles. The van der Waals surface area contributed by atoms with Crippen LogP contribution in [0.15, 0.2) is 24.3 Å². The average molecular weight is 293 g/mol. The molecule has 0 saturated carbocycles. The van der Waals surface area contributed by atoms with E-state index in [0.717, 1.165) is 34.7 Å². The number of nitrogens with one attached hydrogen (secondary N) is 1. The van der Waals surface area contributed by atoms with Gasteiger partial charge in [0.2, 0.25) is 0 Å². The zero-order chi connectivity index (χ0) is 14.5. The number of benzene rings is 1. The molecule has 2 aromatic rings. The quantitative estimate of drug-likeness (QED) is 0.824. The highest BCUT2D eigenvalue weighted by Gasteiger charge is 2.09. The fourth-order valence-corrected chi connectivity index (χ4v) is 2.30. The number of aromatic nitrogens is 1. The van der Waals surface area contributed by atoms with Gasteiger partial charge in [-0.3, -0.25) is 4.98 Å². The molecule has 0 bridgehead atoms. The highest BCUT2D eigenvalue weighted by molar-refractivity contribution is 6.31. The van der Waals surface area contributed by atoms with Crippen LogP contribution in [-0.4, -0.2) is 25.2 Å². The molecule has 0 radical (unpaired) electrons. The lowest BCUT2D eigenvalue weighted by atomic mass is 10.0. The van der Waals surface area contributed by atoms with Crippen LogP contribution < -0.4 is 5.32 Å². The van der Waals surface area contributed by atoms with E-state index in [-0.39, 0.29) is 0 Å². The van der Waals surface area contributed by atoms with Crippen LogP contribution in [0.3, 0.4) is 0 Å². The van der Waals surface area contributed by atoms with E-state index in [4.69, 9.17) is 21.3 Å².